The number of methoxy groups -OCH3 is 1. The first-order valence-electron chi connectivity index (χ1n) is 10.3. The van der Waals surface area contributed by atoms with Crippen LogP contribution < -0.4 is 9.46 Å². The van der Waals surface area contributed by atoms with Crippen LogP contribution in [0.2, 0.25) is 0 Å². The lowest BCUT2D eigenvalue weighted by Crippen LogP contribution is -2.48. The lowest BCUT2D eigenvalue weighted by Gasteiger charge is -2.36. The molecule has 3 atom stereocenters. The van der Waals surface area contributed by atoms with Crippen LogP contribution in [0.5, 0.6) is 5.75 Å². The van der Waals surface area contributed by atoms with Gasteiger partial charge < -0.3 is 19.3 Å². The van der Waals surface area contributed by atoms with Gasteiger partial charge in [-0.1, -0.05) is 13.8 Å². The molecule has 9 nitrogen and oxygen atoms in total. The first-order chi connectivity index (χ1) is 14.5. The summed E-state index contributed by atoms with van der Waals surface area (Å²) in [4.78, 5) is 29.0. The summed E-state index contributed by atoms with van der Waals surface area (Å²) in [5.74, 6) is -0.000784. The number of anilines is 1. The number of likely N-dealkylation sites (N-methyl/N-ethyl adjacent to an activating group) is 1. The van der Waals surface area contributed by atoms with Crippen LogP contribution in [0.3, 0.4) is 0 Å². The molecule has 10 heteroatoms. The summed E-state index contributed by atoms with van der Waals surface area (Å²) in [7, 11) is -0.214. The molecule has 0 saturated heterocycles. The van der Waals surface area contributed by atoms with Crippen LogP contribution in [-0.4, -0.2) is 82.3 Å². The molecule has 0 bridgehead atoms. The highest BCUT2D eigenvalue weighted by Gasteiger charge is 2.29. The van der Waals surface area contributed by atoms with Gasteiger partial charge in [0.2, 0.25) is 15.9 Å². The van der Waals surface area contributed by atoms with Gasteiger partial charge in [-0.15, -0.1) is 0 Å². The molecule has 1 aromatic carbocycles. The summed E-state index contributed by atoms with van der Waals surface area (Å²) in [6.45, 7) is 6.67. The van der Waals surface area contributed by atoms with Gasteiger partial charge in [0.25, 0.3) is 5.91 Å². The number of sulfonamides is 1. The fraction of sp³-hybridized carbons (Fsp3) is 0.619. The van der Waals surface area contributed by atoms with Crippen LogP contribution in [0.4, 0.5) is 5.69 Å². The number of carbonyl (C=O) groups excluding carboxylic acids is 2. The maximum atomic E-state index is 13.1. The molecule has 1 heterocycles. The van der Waals surface area contributed by atoms with Gasteiger partial charge in [0, 0.05) is 45.7 Å². The molecule has 1 aliphatic rings. The number of nitrogens with zero attached hydrogens (tertiary/aromatic N) is 2. The van der Waals surface area contributed by atoms with Crippen molar-refractivity contribution < 1.29 is 27.5 Å². The SMILES string of the molecule is CCC(=O)N1C[C@H](C)[C@H](OC)CN(C)C(=O)c2ccc(NS(C)(=O)=O)cc2OC[C@H]1C. The monoisotopic (exact) mass is 455 g/mol. The summed E-state index contributed by atoms with van der Waals surface area (Å²) < 4.78 is 37.2. The van der Waals surface area contributed by atoms with Crippen molar-refractivity contribution in [1.82, 2.24) is 9.80 Å². The van der Waals surface area contributed by atoms with Crippen molar-refractivity contribution in [3.05, 3.63) is 23.8 Å². The fourth-order valence-corrected chi connectivity index (χ4v) is 4.16. The molecule has 1 aliphatic heterocycles. The van der Waals surface area contributed by atoms with E-state index in [1.54, 1.807) is 24.0 Å². The summed E-state index contributed by atoms with van der Waals surface area (Å²) in [5.41, 5.74) is 0.603. The van der Waals surface area contributed by atoms with Crippen LogP contribution >= 0.6 is 0 Å². The van der Waals surface area contributed by atoms with E-state index in [0.717, 1.165) is 6.26 Å². The number of hydrogen-bond acceptors (Lipinski definition) is 6. The van der Waals surface area contributed by atoms with E-state index in [1.807, 2.05) is 20.8 Å². The second-order valence-corrected chi connectivity index (χ2v) is 9.83. The lowest BCUT2D eigenvalue weighted by molar-refractivity contribution is -0.135. The molecule has 0 spiro atoms. The van der Waals surface area contributed by atoms with Crippen molar-refractivity contribution in [3.8, 4) is 5.75 Å². The molecule has 0 aromatic heterocycles. The quantitative estimate of drug-likeness (QED) is 0.742. The third-order valence-corrected chi connectivity index (χ3v) is 5.98. The molecular weight excluding hydrogens is 422 g/mol. The van der Waals surface area contributed by atoms with Crippen LogP contribution in [0.1, 0.15) is 37.6 Å². The largest absolute Gasteiger partial charge is 0.491 e. The van der Waals surface area contributed by atoms with E-state index in [9.17, 15) is 18.0 Å². The van der Waals surface area contributed by atoms with Gasteiger partial charge in [-0.2, -0.15) is 0 Å². The van der Waals surface area contributed by atoms with Gasteiger partial charge in [0.1, 0.15) is 12.4 Å². The Hall–Kier alpha value is -2.33. The molecule has 2 rings (SSSR count). The Balaban J connectivity index is 2.48. The predicted octanol–water partition coefficient (Wildman–Crippen LogP) is 1.80. The van der Waals surface area contributed by atoms with Gasteiger partial charge in [0.05, 0.1) is 29.7 Å². The highest BCUT2D eigenvalue weighted by Crippen LogP contribution is 2.27. The third-order valence-electron chi connectivity index (χ3n) is 5.37. The topological polar surface area (TPSA) is 105 Å². The Labute approximate surface area is 184 Å². The fourth-order valence-electron chi connectivity index (χ4n) is 3.60. The second-order valence-electron chi connectivity index (χ2n) is 8.08. The van der Waals surface area contributed by atoms with Crippen LogP contribution in [0.15, 0.2) is 18.2 Å². The Morgan fingerprint density at radius 2 is 1.97 bits per heavy atom. The van der Waals surface area contributed by atoms with Gasteiger partial charge >= 0.3 is 0 Å². The number of rotatable bonds is 4. The van der Waals surface area contributed by atoms with E-state index in [2.05, 4.69) is 4.72 Å². The van der Waals surface area contributed by atoms with E-state index in [1.165, 1.54) is 18.2 Å². The average Bonchev–Trinajstić information content (AvgIpc) is 2.70. The molecule has 0 unspecified atom stereocenters. The molecule has 1 N–H and O–H groups in total. The van der Waals surface area contributed by atoms with Crippen LogP contribution in [-0.2, 0) is 19.6 Å². The third kappa shape index (κ3) is 6.57. The number of fused-ring (bicyclic) bond motifs is 1. The summed E-state index contributed by atoms with van der Waals surface area (Å²) in [6, 6.07) is 4.30. The zero-order valence-corrected chi connectivity index (χ0v) is 19.9. The Kier molecular flexibility index (Phi) is 8.30. The molecule has 0 fully saturated rings. The smallest absolute Gasteiger partial charge is 0.257 e. The van der Waals surface area contributed by atoms with Crippen LogP contribution in [0, 0.1) is 5.92 Å². The van der Waals surface area contributed by atoms with E-state index in [0.29, 0.717) is 30.8 Å². The van der Waals surface area contributed by atoms with E-state index < -0.39 is 10.0 Å². The Morgan fingerprint density at radius 3 is 2.55 bits per heavy atom. The highest BCUT2D eigenvalue weighted by molar-refractivity contribution is 7.92. The normalized spacial score (nSPS) is 23.3. The molecule has 0 radical (unpaired) electrons. The summed E-state index contributed by atoms with van der Waals surface area (Å²) in [5, 5.41) is 0. The van der Waals surface area contributed by atoms with E-state index >= 15 is 0 Å². The molecule has 31 heavy (non-hydrogen) atoms. The summed E-state index contributed by atoms with van der Waals surface area (Å²) >= 11 is 0. The molecule has 174 valence electrons. The number of carbonyl (C=O) groups is 2. The van der Waals surface area contributed by atoms with Crippen molar-refractivity contribution in [2.45, 2.75) is 39.3 Å². The first kappa shape index (κ1) is 24.9. The molecular formula is C21H33N3O6S. The van der Waals surface area contributed by atoms with Gasteiger partial charge in [-0.25, -0.2) is 8.42 Å². The lowest BCUT2D eigenvalue weighted by atomic mass is 10.0. The van der Waals surface area contributed by atoms with Crippen molar-refractivity contribution in [1.29, 1.82) is 0 Å². The summed E-state index contributed by atoms with van der Waals surface area (Å²) in [6.07, 6.45) is 1.16. The van der Waals surface area contributed by atoms with Gasteiger partial charge in [-0.3, -0.25) is 14.3 Å². The molecule has 0 saturated carbocycles. The van der Waals surface area contributed by atoms with Crippen molar-refractivity contribution >= 4 is 27.5 Å². The Bertz CT molecular complexity index is 904. The standard InChI is InChI=1S/C21H33N3O6S/c1-7-20(25)24-11-14(2)19(29-5)12-23(4)21(26)17-9-8-16(22-31(6,27)28)10-18(17)30-13-15(24)3/h8-10,14-15,19,22H,7,11-13H2,1-6H3/t14-,15+,19+/m0/s1. The Morgan fingerprint density at radius 1 is 1.29 bits per heavy atom. The van der Waals surface area contributed by atoms with Crippen molar-refractivity contribution in [2.24, 2.45) is 5.92 Å². The number of amides is 2. The van der Waals surface area contributed by atoms with E-state index in [-0.39, 0.29) is 42.2 Å². The highest BCUT2D eigenvalue weighted by atomic mass is 32.2. The number of benzene rings is 1. The minimum Gasteiger partial charge on any atom is -0.491 e. The molecule has 0 aliphatic carbocycles. The maximum Gasteiger partial charge on any atom is 0.257 e. The second kappa shape index (κ2) is 10.3. The molecule has 2 amide bonds. The first-order valence-corrected chi connectivity index (χ1v) is 12.2. The minimum absolute atomic E-state index is 0.00145. The minimum atomic E-state index is -3.49. The number of ether oxygens (including phenoxy) is 2. The van der Waals surface area contributed by atoms with Gasteiger partial charge in [0.15, 0.2) is 0 Å². The van der Waals surface area contributed by atoms with Crippen molar-refractivity contribution in [3.63, 3.8) is 0 Å². The number of hydrogen-bond donors (Lipinski definition) is 1. The predicted molar refractivity (Wildman–Crippen MR) is 119 cm³/mol. The molecule has 1 aromatic rings. The average molecular weight is 456 g/mol. The van der Waals surface area contributed by atoms with Crippen LogP contribution in [0.25, 0.3) is 0 Å². The van der Waals surface area contributed by atoms with E-state index in [4.69, 9.17) is 9.47 Å². The zero-order chi connectivity index (χ0) is 23.3. The number of nitrogens with one attached hydrogen (secondary N) is 1. The maximum absolute atomic E-state index is 13.1. The van der Waals surface area contributed by atoms with Gasteiger partial charge in [-0.05, 0) is 19.1 Å². The zero-order valence-electron chi connectivity index (χ0n) is 19.0. The van der Waals surface area contributed by atoms with Crippen molar-refractivity contribution in [2.75, 3.05) is 44.8 Å².